The molecule has 6 atom stereocenters. The average Bonchev–Trinajstić information content (AvgIpc) is 3.45. The molecular formula is C33H46N2O6. The van der Waals surface area contributed by atoms with E-state index in [0.717, 1.165) is 29.7 Å². The summed E-state index contributed by atoms with van der Waals surface area (Å²) < 4.78 is 12.6. The highest BCUT2D eigenvalue weighted by Gasteiger charge is 2.80. The van der Waals surface area contributed by atoms with Gasteiger partial charge in [-0.15, -0.1) is 13.2 Å². The molecule has 3 saturated heterocycles. The monoisotopic (exact) mass is 566 g/mol. The molecule has 3 heterocycles. The number of carbonyl (C=O) groups is 3. The third-order valence-corrected chi connectivity index (χ3v) is 9.39. The van der Waals surface area contributed by atoms with Gasteiger partial charge in [0.1, 0.15) is 17.6 Å². The van der Waals surface area contributed by atoms with Crippen molar-refractivity contribution in [1.82, 2.24) is 4.90 Å². The van der Waals surface area contributed by atoms with Crippen LogP contribution in [0.3, 0.4) is 0 Å². The molecule has 1 aromatic rings. The normalized spacial score (nSPS) is 29.9. The van der Waals surface area contributed by atoms with Crippen molar-refractivity contribution in [1.29, 1.82) is 0 Å². The number of aliphatic hydroxyl groups is 1. The highest BCUT2D eigenvalue weighted by molar-refractivity contribution is 6.05. The number of esters is 1. The number of hydrogen-bond donors (Lipinski definition) is 1. The number of allylic oxidation sites excluding steroid dienone is 1. The van der Waals surface area contributed by atoms with Crippen LogP contribution < -0.4 is 4.90 Å². The van der Waals surface area contributed by atoms with Crippen LogP contribution in [0.4, 0.5) is 5.69 Å². The van der Waals surface area contributed by atoms with Crippen molar-refractivity contribution in [3.63, 3.8) is 0 Å². The van der Waals surface area contributed by atoms with E-state index in [-0.39, 0.29) is 37.5 Å². The zero-order valence-corrected chi connectivity index (χ0v) is 25.1. The van der Waals surface area contributed by atoms with Gasteiger partial charge in [0, 0.05) is 25.4 Å². The second-order valence-corrected chi connectivity index (χ2v) is 12.1. The number of aryl methyl sites for hydroxylation is 2. The molecule has 1 aromatic carbocycles. The van der Waals surface area contributed by atoms with Gasteiger partial charge in [0.15, 0.2) is 0 Å². The van der Waals surface area contributed by atoms with E-state index in [0.29, 0.717) is 32.2 Å². The third kappa shape index (κ3) is 5.37. The van der Waals surface area contributed by atoms with Crippen LogP contribution in [-0.4, -0.2) is 71.3 Å². The minimum absolute atomic E-state index is 0.00724. The number of unbranched alkanes of at least 4 members (excludes halogenated alkanes) is 3. The Morgan fingerprint density at radius 1 is 1.20 bits per heavy atom. The summed E-state index contributed by atoms with van der Waals surface area (Å²) in [6.45, 7) is 16.3. The summed E-state index contributed by atoms with van der Waals surface area (Å²) in [5.74, 6) is -2.59. The molecule has 0 aliphatic carbocycles. The number of fused-ring (bicyclic) bond motifs is 1. The minimum atomic E-state index is -1.15. The molecule has 3 aliphatic rings. The number of benzene rings is 1. The first-order valence-electron chi connectivity index (χ1n) is 15.0. The van der Waals surface area contributed by atoms with E-state index in [1.54, 1.807) is 15.9 Å². The lowest BCUT2D eigenvalue weighted by Gasteiger charge is -2.37. The summed E-state index contributed by atoms with van der Waals surface area (Å²) in [5, 5.41) is 9.45. The molecule has 8 nitrogen and oxygen atoms in total. The van der Waals surface area contributed by atoms with Crippen molar-refractivity contribution >= 4 is 23.5 Å². The number of ether oxygens (including phenoxy) is 2. The molecule has 3 fully saturated rings. The summed E-state index contributed by atoms with van der Waals surface area (Å²) in [6.07, 6.45) is 7.47. The predicted molar refractivity (Wildman–Crippen MR) is 158 cm³/mol. The Labute approximate surface area is 244 Å². The lowest BCUT2D eigenvalue weighted by molar-refractivity contribution is -0.161. The van der Waals surface area contributed by atoms with Crippen LogP contribution in [0.25, 0.3) is 0 Å². The SMILES string of the molecule is C=CCCCCOC(=O)[C@H]1[C@H]2C(=O)N(CCCCO)C(C(=O)N(CC=C)c3cc(C)ccc3C)C23CC(C)[C@]1(C)O3. The molecule has 0 saturated carbocycles. The van der Waals surface area contributed by atoms with E-state index >= 15 is 0 Å². The van der Waals surface area contributed by atoms with Crippen molar-refractivity contribution in [3.05, 3.63) is 54.6 Å². The lowest BCUT2D eigenvalue weighted by atomic mass is 9.62. The molecule has 1 N–H and O–H groups in total. The molecule has 2 amide bonds. The Morgan fingerprint density at radius 3 is 2.63 bits per heavy atom. The number of rotatable bonds is 14. The maximum atomic E-state index is 14.7. The Hall–Kier alpha value is -2.97. The summed E-state index contributed by atoms with van der Waals surface area (Å²) >= 11 is 0. The van der Waals surface area contributed by atoms with Gasteiger partial charge in [0.25, 0.3) is 5.91 Å². The quantitative estimate of drug-likeness (QED) is 0.202. The van der Waals surface area contributed by atoms with Crippen molar-refractivity contribution in [2.24, 2.45) is 17.8 Å². The van der Waals surface area contributed by atoms with Gasteiger partial charge < -0.3 is 24.4 Å². The molecule has 0 radical (unpaired) electrons. The van der Waals surface area contributed by atoms with Crippen LogP contribution in [0.2, 0.25) is 0 Å². The highest BCUT2D eigenvalue weighted by Crippen LogP contribution is 2.65. The first-order valence-corrected chi connectivity index (χ1v) is 15.0. The maximum Gasteiger partial charge on any atom is 0.312 e. The molecular weight excluding hydrogens is 520 g/mol. The van der Waals surface area contributed by atoms with Crippen LogP contribution in [0, 0.1) is 31.6 Å². The summed E-state index contributed by atoms with van der Waals surface area (Å²) in [5.41, 5.74) is 0.647. The van der Waals surface area contributed by atoms with Crippen molar-refractivity contribution in [2.45, 2.75) is 83.5 Å². The molecule has 4 rings (SSSR count). The fraction of sp³-hybridized carbons (Fsp3) is 0.606. The molecule has 3 unspecified atom stereocenters. The number of likely N-dealkylation sites (tertiary alicyclic amines) is 1. The third-order valence-electron chi connectivity index (χ3n) is 9.39. The van der Waals surface area contributed by atoms with Gasteiger partial charge >= 0.3 is 5.97 Å². The molecule has 2 bridgehead atoms. The highest BCUT2D eigenvalue weighted by atomic mass is 16.6. The maximum absolute atomic E-state index is 14.7. The van der Waals surface area contributed by atoms with Crippen LogP contribution >= 0.6 is 0 Å². The fourth-order valence-corrected chi connectivity index (χ4v) is 7.26. The summed E-state index contributed by atoms with van der Waals surface area (Å²) in [4.78, 5) is 45.9. The fourth-order valence-electron chi connectivity index (χ4n) is 7.26. The second-order valence-electron chi connectivity index (χ2n) is 12.1. The number of amides is 2. The number of carbonyl (C=O) groups excluding carboxylic acids is 3. The van der Waals surface area contributed by atoms with Gasteiger partial charge in [0.2, 0.25) is 5.91 Å². The Morgan fingerprint density at radius 2 is 1.95 bits per heavy atom. The van der Waals surface area contributed by atoms with Gasteiger partial charge in [-0.1, -0.05) is 31.2 Å². The Balaban J connectivity index is 1.74. The van der Waals surface area contributed by atoms with Gasteiger partial charge in [0.05, 0.1) is 18.1 Å². The first kappa shape index (κ1) is 31.0. The van der Waals surface area contributed by atoms with E-state index < -0.39 is 35.0 Å². The van der Waals surface area contributed by atoms with E-state index in [1.165, 1.54) is 0 Å². The molecule has 224 valence electrons. The zero-order chi connectivity index (χ0) is 29.9. The van der Waals surface area contributed by atoms with Gasteiger partial charge in [-0.2, -0.15) is 0 Å². The topological polar surface area (TPSA) is 96.4 Å². The Kier molecular flexibility index (Phi) is 9.44. The van der Waals surface area contributed by atoms with Crippen molar-refractivity contribution in [3.8, 4) is 0 Å². The first-order chi connectivity index (χ1) is 19.6. The molecule has 8 heteroatoms. The molecule has 1 spiro atoms. The van der Waals surface area contributed by atoms with Crippen molar-refractivity contribution < 1.29 is 29.0 Å². The largest absolute Gasteiger partial charge is 0.465 e. The van der Waals surface area contributed by atoms with Gasteiger partial charge in [-0.05, 0) is 82.4 Å². The average molecular weight is 567 g/mol. The molecule has 41 heavy (non-hydrogen) atoms. The number of anilines is 1. The van der Waals surface area contributed by atoms with E-state index in [9.17, 15) is 19.5 Å². The van der Waals surface area contributed by atoms with Gasteiger partial charge in [-0.25, -0.2) is 0 Å². The van der Waals surface area contributed by atoms with Gasteiger partial charge in [-0.3, -0.25) is 14.4 Å². The van der Waals surface area contributed by atoms with Crippen LogP contribution in [0.1, 0.15) is 63.5 Å². The zero-order valence-electron chi connectivity index (χ0n) is 25.1. The number of hydrogen-bond acceptors (Lipinski definition) is 6. The van der Waals surface area contributed by atoms with E-state index in [1.807, 2.05) is 52.0 Å². The standard InChI is InChI=1S/C33H46N2O6/c1-7-9-10-13-19-40-31(39)27-26-29(37)35(17-11-12-18-36)28(33(26)21-24(5)32(27,6)41-33)30(38)34(16-8-2)25-20-22(3)14-15-23(25)4/h7-8,14-15,20,24,26-28,36H,1-2,9-13,16-19,21H2,3-6H3/t24?,26-,27+,28?,32-,33?/m0/s1. The predicted octanol–water partition coefficient (Wildman–Crippen LogP) is 4.51. The van der Waals surface area contributed by atoms with Crippen LogP contribution in [-0.2, 0) is 23.9 Å². The van der Waals surface area contributed by atoms with Crippen LogP contribution in [0.15, 0.2) is 43.5 Å². The second kappa shape index (κ2) is 12.5. The van der Waals surface area contributed by atoms with Crippen molar-refractivity contribution in [2.75, 3.05) is 31.2 Å². The number of nitrogens with zero attached hydrogens (tertiary/aromatic N) is 2. The smallest absolute Gasteiger partial charge is 0.312 e. The summed E-state index contributed by atoms with van der Waals surface area (Å²) in [7, 11) is 0. The molecule has 0 aromatic heterocycles. The molecule has 3 aliphatic heterocycles. The van der Waals surface area contributed by atoms with E-state index in [4.69, 9.17) is 9.47 Å². The lowest BCUT2D eigenvalue weighted by Crippen LogP contribution is -2.57. The minimum Gasteiger partial charge on any atom is -0.465 e. The van der Waals surface area contributed by atoms with E-state index in [2.05, 4.69) is 13.2 Å². The van der Waals surface area contributed by atoms with Crippen LogP contribution in [0.5, 0.6) is 0 Å². The number of aliphatic hydroxyl groups excluding tert-OH is 1. The Bertz CT molecular complexity index is 1180. The summed E-state index contributed by atoms with van der Waals surface area (Å²) in [6, 6.07) is 5.05.